The quantitative estimate of drug-likeness (QED) is 0.784. The second-order valence-corrected chi connectivity index (χ2v) is 5.35. The van der Waals surface area contributed by atoms with Crippen LogP contribution >= 0.6 is 0 Å². The highest BCUT2D eigenvalue weighted by atomic mass is 16.2. The monoisotopic (exact) mass is 239 g/mol. The summed E-state index contributed by atoms with van der Waals surface area (Å²) in [7, 11) is 2.19. The van der Waals surface area contributed by atoms with Crippen LogP contribution in [0.1, 0.15) is 32.1 Å². The fourth-order valence-corrected chi connectivity index (χ4v) is 2.83. The van der Waals surface area contributed by atoms with Crippen LogP contribution in [0.4, 0.5) is 0 Å². The average Bonchev–Trinajstić information content (AvgIpc) is 2.85. The minimum atomic E-state index is 0.279. The first-order chi connectivity index (χ1) is 8.27. The molecule has 2 rings (SSSR count). The average molecular weight is 239 g/mol. The van der Waals surface area contributed by atoms with Crippen molar-refractivity contribution in [2.75, 3.05) is 39.8 Å². The lowest BCUT2D eigenvalue weighted by molar-refractivity contribution is -0.129. The molecule has 4 heteroatoms. The van der Waals surface area contributed by atoms with Crippen molar-refractivity contribution in [1.82, 2.24) is 15.1 Å². The topological polar surface area (TPSA) is 35.6 Å². The predicted octanol–water partition coefficient (Wildman–Crippen LogP) is 0.683. The Kier molecular flexibility index (Phi) is 4.80. The van der Waals surface area contributed by atoms with Gasteiger partial charge in [0.15, 0.2) is 0 Å². The lowest BCUT2D eigenvalue weighted by atomic mass is 10.0. The largest absolute Gasteiger partial charge is 0.342 e. The Morgan fingerprint density at radius 2 is 1.88 bits per heavy atom. The van der Waals surface area contributed by atoms with E-state index in [2.05, 4.69) is 17.3 Å². The maximum Gasteiger partial charge on any atom is 0.236 e. The van der Waals surface area contributed by atoms with Crippen LogP contribution < -0.4 is 5.32 Å². The molecule has 2 heterocycles. The van der Waals surface area contributed by atoms with Gasteiger partial charge in [-0.25, -0.2) is 0 Å². The van der Waals surface area contributed by atoms with Crippen molar-refractivity contribution in [3.63, 3.8) is 0 Å². The summed E-state index contributed by atoms with van der Waals surface area (Å²) in [5.41, 5.74) is 0. The van der Waals surface area contributed by atoms with Crippen LogP contribution in [0.15, 0.2) is 0 Å². The van der Waals surface area contributed by atoms with Gasteiger partial charge in [-0.3, -0.25) is 4.79 Å². The molecule has 4 nitrogen and oxygen atoms in total. The van der Waals surface area contributed by atoms with Crippen molar-refractivity contribution in [2.24, 2.45) is 0 Å². The van der Waals surface area contributed by atoms with Crippen molar-refractivity contribution in [1.29, 1.82) is 0 Å². The number of hydrogen-bond donors (Lipinski definition) is 1. The number of amides is 1. The summed E-state index contributed by atoms with van der Waals surface area (Å²) in [4.78, 5) is 16.2. The highest BCUT2D eigenvalue weighted by Gasteiger charge is 2.20. The molecular formula is C13H25N3O. The Bertz CT molecular complexity index is 251. The lowest BCUT2D eigenvalue weighted by Gasteiger charge is -2.32. The molecule has 1 N–H and O–H groups in total. The summed E-state index contributed by atoms with van der Waals surface area (Å²) in [6.07, 6.45) is 6.27. The molecule has 0 saturated carbocycles. The molecule has 0 aliphatic carbocycles. The van der Waals surface area contributed by atoms with Crippen LogP contribution in [0.5, 0.6) is 0 Å². The zero-order chi connectivity index (χ0) is 12.1. The zero-order valence-corrected chi connectivity index (χ0v) is 11.0. The maximum absolute atomic E-state index is 11.8. The number of carbonyl (C=O) groups is 1. The normalized spacial score (nSPS) is 26.4. The van der Waals surface area contributed by atoms with Crippen molar-refractivity contribution >= 4 is 5.91 Å². The van der Waals surface area contributed by atoms with E-state index in [0.29, 0.717) is 12.6 Å². The molecule has 0 aromatic rings. The van der Waals surface area contributed by atoms with Gasteiger partial charge < -0.3 is 15.1 Å². The molecule has 0 aromatic carbocycles. The van der Waals surface area contributed by atoms with Gasteiger partial charge in [0.05, 0.1) is 6.54 Å². The van der Waals surface area contributed by atoms with Gasteiger partial charge in [-0.05, 0) is 39.3 Å². The van der Waals surface area contributed by atoms with Crippen LogP contribution in [0.25, 0.3) is 0 Å². The molecule has 1 amide bonds. The fraction of sp³-hybridized carbons (Fsp3) is 0.923. The van der Waals surface area contributed by atoms with Gasteiger partial charge in [0, 0.05) is 25.7 Å². The third kappa shape index (κ3) is 3.68. The van der Waals surface area contributed by atoms with Gasteiger partial charge in [0.1, 0.15) is 0 Å². The maximum atomic E-state index is 11.8. The Morgan fingerprint density at radius 3 is 2.59 bits per heavy atom. The number of likely N-dealkylation sites (N-methyl/N-ethyl adjacent to an activating group) is 1. The molecular weight excluding hydrogens is 214 g/mol. The predicted molar refractivity (Wildman–Crippen MR) is 69.0 cm³/mol. The molecule has 98 valence electrons. The first-order valence-corrected chi connectivity index (χ1v) is 6.96. The molecule has 17 heavy (non-hydrogen) atoms. The fourth-order valence-electron chi connectivity index (χ4n) is 2.83. The Labute approximate surface area is 104 Å². The van der Waals surface area contributed by atoms with E-state index in [-0.39, 0.29) is 5.91 Å². The first kappa shape index (κ1) is 12.8. The van der Waals surface area contributed by atoms with E-state index in [9.17, 15) is 4.79 Å². The minimum Gasteiger partial charge on any atom is -0.342 e. The van der Waals surface area contributed by atoms with Crippen molar-refractivity contribution in [3.05, 3.63) is 0 Å². The van der Waals surface area contributed by atoms with Gasteiger partial charge in [-0.1, -0.05) is 6.42 Å². The van der Waals surface area contributed by atoms with Gasteiger partial charge in [-0.15, -0.1) is 0 Å². The number of nitrogens with one attached hydrogen (secondary N) is 1. The van der Waals surface area contributed by atoms with E-state index < -0.39 is 0 Å². The van der Waals surface area contributed by atoms with Crippen LogP contribution in [-0.4, -0.2) is 61.5 Å². The summed E-state index contributed by atoms with van der Waals surface area (Å²) in [6.45, 7) is 4.60. The van der Waals surface area contributed by atoms with Gasteiger partial charge in [0.2, 0.25) is 5.91 Å². The van der Waals surface area contributed by atoms with Crippen LogP contribution in [0.2, 0.25) is 0 Å². The number of piperidine rings is 1. The molecule has 0 radical (unpaired) electrons. The van der Waals surface area contributed by atoms with Crippen molar-refractivity contribution in [3.8, 4) is 0 Å². The number of likely N-dealkylation sites (tertiary alicyclic amines) is 2. The van der Waals surface area contributed by atoms with Crippen LogP contribution in [0.3, 0.4) is 0 Å². The highest BCUT2D eigenvalue weighted by Crippen LogP contribution is 2.14. The smallest absolute Gasteiger partial charge is 0.236 e. The van der Waals surface area contributed by atoms with Crippen molar-refractivity contribution < 1.29 is 4.79 Å². The number of carbonyl (C=O) groups excluding carboxylic acids is 1. The van der Waals surface area contributed by atoms with Crippen LogP contribution in [0, 0.1) is 0 Å². The minimum absolute atomic E-state index is 0.279. The van der Waals surface area contributed by atoms with E-state index in [4.69, 9.17) is 0 Å². The lowest BCUT2D eigenvalue weighted by Crippen LogP contribution is -2.45. The summed E-state index contributed by atoms with van der Waals surface area (Å²) in [6, 6.07) is 0.620. The number of rotatable bonds is 4. The third-order valence-corrected chi connectivity index (χ3v) is 4.04. The van der Waals surface area contributed by atoms with Gasteiger partial charge in [0.25, 0.3) is 0 Å². The number of nitrogens with zero attached hydrogens (tertiary/aromatic N) is 2. The van der Waals surface area contributed by atoms with E-state index in [1.54, 1.807) is 0 Å². The molecule has 2 aliphatic heterocycles. The van der Waals surface area contributed by atoms with Crippen LogP contribution in [-0.2, 0) is 4.79 Å². The van der Waals surface area contributed by atoms with Gasteiger partial charge in [-0.2, -0.15) is 0 Å². The second kappa shape index (κ2) is 6.36. The Hall–Kier alpha value is -0.610. The molecule has 2 fully saturated rings. The molecule has 0 spiro atoms. The molecule has 2 aliphatic rings. The SMILES string of the molecule is CN1CCCCC1CNCC(=O)N1CCCC1. The highest BCUT2D eigenvalue weighted by molar-refractivity contribution is 5.78. The summed E-state index contributed by atoms with van der Waals surface area (Å²) in [5, 5.41) is 3.33. The van der Waals surface area contributed by atoms with E-state index in [1.165, 1.54) is 38.6 Å². The number of hydrogen-bond acceptors (Lipinski definition) is 3. The van der Waals surface area contributed by atoms with Gasteiger partial charge >= 0.3 is 0 Å². The van der Waals surface area contributed by atoms with Crippen molar-refractivity contribution in [2.45, 2.75) is 38.1 Å². The summed E-state index contributed by atoms with van der Waals surface area (Å²) >= 11 is 0. The summed E-state index contributed by atoms with van der Waals surface area (Å²) < 4.78 is 0. The Balaban J connectivity index is 1.63. The molecule has 1 atom stereocenters. The molecule has 0 bridgehead atoms. The van der Waals surface area contributed by atoms with E-state index in [0.717, 1.165) is 19.6 Å². The molecule has 0 aromatic heterocycles. The third-order valence-electron chi connectivity index (χ3n) is 4.04. The Morgan fingerprint density at radius 1 is 1.18 bits per heavy atom. The van der Waals surface area contributed by atoms with E-state index in [1.807, 2.05) is 4.90 Å². The second-order valence-electron chi connectivity index (χ2n) is 5.35. The summed E-state index contributed by atoms with van der Waals surface area (Å²) in [5.74, 6) is 0.279. The molecule has 2 saturated heterocycles. The molecule has 1 unspecified atom stereocenters. The standard InChI is InChI=1S/C13H25N3O/c1-15-7-3-2-6-12(15)10-14-11-13(17)16-8-4-5-9-16/h12,14H,2-11H2,1H3. The first-order valence-electron chi connectivity index (χ1n) is 6.96. The zero-order valence-electron chi connectivity index (χ0n) is 11.0. The van der Waals surface area contributed by atoms with E-state index >= 15 is 0 Å².